The zero-order chi connectivity index (χ0) is 10.5. The van der Waals surface area contributed by atoms with E-state index in [4.69, 9.17) is 17.1 Å². The monoisotopic (exact) mass is 223 g/mol. The molecule has 0 saturated carbocycles. The van der Waals surface area contributed by atoms with E-state index in [1.54, 1.807) is 7.11 Å². The summed E-state index contributed by atoms with van der Waals surface area (Å²) in [7, 11) is 1.63. The molecule has 0 aliphatic carbocycles. The summed E-state index contributed by atoms with van der Waals surface area (Å²) in [6.07, 6.45) is 0.0601. The zero-order valence-corrected chi connectivity index (χ0v) is 9.67. The van der Waals surface area contributed by atoms with Gasteiger partial charge in [-0.2, -0.15) is 0 Å². The van der Waals surface area contributed by atoms with Gasteiger partial charge in [-0.05, 0) is 12.1 Å². The lowest BCUT2D eigenvalue weighted by Crippen LogP contribution is -2.20. The van der Waals surface area contributed by atoms with Crippen LogP contribution < -0.4 is 9.47 Å². The summed E-state index contributed by atoms with van der Waals surface area (Å²) in [6, 6.07) is 7.56. The van der Waals surface area contributed by atoms with E-state index in [0.717, 1.165) is 11.5 Å². The quantitative estimate of drug-likeness (QED) is 0.714. The van der Waals surface area contributed by atoms with E-state index >= 15 is 0 Å². The first-order valence-corrected chi connectivity index (χ1v) is 5.69. The van der Waals surface area contributed by atoms with Gasteiger partial charge in [0.1, 0.15) is 6.61 Å². The van der Waals surface area contributed by atoms with E-state index in [1.165, 1.54) is 0 Å². The Kier molecular flexibility index (Phi) is 3.87. The topological polar surface area (TPSA) is 36.9 Å². The minimum absolute atomic E-state index is 0.0601. The van der Waals surface area contributed by atoms with Crippen LogP contribution in [0.4, 0.5) is 0 Å². The highest BCUT2D eigenvalue weighted by Crippen LogP contribution is 2.26. The summed E-state index contributed by atoms with van der Waals surface area (Å²) in [6.45, 7) is 1.14. The van der Waals surface area contributed by atoms with Gasteiger partial charge < -0.3 is 17.1 Å². The van der Waals surface area contributed by atoms with E-state index in [-0.39, 0.29) is 22.0 Å². The van der Waals surface area contributed by atoms with Gasteiger partial charge in [-0.25, -0.2) is 0 Å². The SMILES string of the molecule is COc1ccccc1OCC1C[O][Al][O]1. The lowest BCUT2D eigenvalue weighted by Gasteiger charge is -2.13. The molecule has 1 unspecified atom stereocenters. The fourth-order valence-electron chi connectivity index (χ4n) is 1.31. The predicted molar refractivity (Wildman–Crippen MR) is 55.1 cm³/mol. The lowest BCUT2D eigenvalue weighted by molar-refractivity contribution is 0.146. The molecule has 1 aliphatic heterocycles. The Hall–Kier alpha value is -0.728. The van der Waals surface area contributed by atoms with Crippen molar-refractivity contribution in [3.8, 4) is 11.5 Å². The summed E-state index contributed by atoms with van der Waals surface area (Å²) in [5.74, 6) is 1.48. The molecule has 79 valence electrons. The van der Waals surface area contributed by atoms with Crippen molar-refractivity contribution < 1.29 is 17.1 Å². The van der Waals surface area contributed by atoms with Crippen LogP contribution in [0.5, 0.6) is 11.5 Å². The normalized spacial score (nSPS) is 19.7. The van der Waals surface area contributed by atoms with Gasteiger partial charge >= 0.3 is 15.9 Å². The van der Waals surface area contributed by atoms with Gasteiger partial charge in [0.05, 0.1) is 13.2 Å². The summed E-state index contributed by atoms with van der Waals surface area (Å²) in [4.78, 5) is 0. The largest absolute Gasteiger partial charge is 0.668 e. The van der Waals surface area contributed by atoms with Crippen molar-refractivity contribution in [2.75, 3.05) is 20.3 Å². The molecular formula is C10H12AlO4. The van der Waals surface area contributed by atoms with Crippen LogP contribution in [-0.4, -0.2) is 42.3 Å². The van der Waals surface area contributed by atoms with Gasteiger partial charge in [-0.15, -0.1) is 0 Å². The Morgan fingerprint density at radius 3 is 2.87 bits per heavy atom. The molecule has 1 aromatic rings. The predicted octanol–water partition coefficient (Wildman–Crippen LogP) is 1.02. The van der Waals surface area contributed by atoms with Crippen molar-refractivity contribution in [3.63, 3.8) is 0 Å². The van der Waals surface area contributed by atoms with Crippen LogP contribution in [-0.2, 0) is 7.58 Å². The van der Waals surface area contributed by atoms with Gasteiger partial charge in [0.15, 0.2) is 11.5 Å². The Labute approximate surface area is 95.5 Å². The molecule has 2 rings (SSSR count). The van der Waals surface area contributed by atoms with Crippen molar-refractivity contribution >= 4 is 15.9 Å². The molecule has 15 heavy (non-hydrogen) atoms. The van der Waals surface area contributed by atoms with Gasteiger partial charge in [-0.1, -0.05) is 12.1 Å². The Balaban J connectivity index is 1.91. The van der Waals surface area contributed by atoms with E-state index in [1.807, 2.05) is 24.3 Å². The number of para-hydroxylation sites is 2. The smallest absolute Gasteiger partial charge is 0.493 e. The molecule has 0 spiro atoms. The van der Waals surface area contributed by atoms with E-state index in [2.05, 4.69) is 0 Å². The maximum atomic E-state index is 5.60. The molecule has 1 radical (unpaired) electrons. The molecule has 0 N–H and O–H groups in total. The Bertz CT molecular complexity index is 312. The molecule has 1 saturated heterocycles. The molecule has 1 aliphatic rings. The third-order valence-electron chi connectivity index (χ3n) is 2.09. The number of hydrogen-bond donors (Lipinski definition) is 0. The fourth-order valence-corrected chi connectivity index (χ4v) is 2.00. The highest BCUT2D eigenvalue weighted by atomic mass is 27.2. The Morgan fingerprint density at radius 2 is 2.20 bits per heavy atom. The maximum Gasteiger partial charge on any atom is 0.668 e. The minimum Gasteiger partial charge on any atom is -0.493 e. The van der Waals surface area contributed by atoms with Crippen molar-refractivity contribution in [2.45, 2.75) is 6.10 Å². The summed E-state index contributed by atoms with van der Waals surface area (Å²) < 4.78 is 21.3. The average molecular weight is 223 g/mol. The second kappa shape index (κ2) is 5.38. The number of methoxy groups -OCH3 is 1. The molecule has 1 aromatic carbocycles. The van der Waals surface area contributed by atoms with Crippen LogP contribution in [0.1, 0.15) is 0 Å². The van der Waals surface area contributed by atoms with Crippen LogP contribution in [0.15, 0.2) is 24.3 Å². The fraction of sp³-hybridized carbons (Fsp3) is 0.400. The molecular weight excluding hydrogens is 211 g/mol. The van der Waals surface area contributed by atoms with Crippen molar-refractivity contribution in [2.24, 2.45) is 0 Å². The first-order chi connectivity index (χ1) is 7.40. The van der Waals surface area contributed by atoms with E-state index < -0.39 is 0 Å². The molecule has 1 fully saturated rings. The van der Waals surface area contributed by atoms with E-state index in [9.17, 15) is 0 Å². The summed E-state index contributed by atoms with van der Waals surface area (Å²) in [5, 5.41) is 0. The third kappa shape index (κ3) is 2.86. The highest BCUT2D eigenvalue weighted by molar-refractivity contribution is 6.18. The van der Waals surface area contributed by atoms with Gasteiger partial charge in [0.25, 0.3) is 0 Å². The second-order valence-electron chi connectivity index (χ2n) is 3.15. The molecule has 0 aromatic heterocycles. The zero-order valence-electron chi connectivity index (χ0n) is 8.51. The van der Waals surface area contributed by atoms with Crippen molar-refractivity contribution in [1.82, 2.24) is 0 Å². The summed E-state index contributed by atoms with van der Waals surface area (Å²) >= 11 is -0.294. The van der Waals surface area contributed by atoms with Gasteiger partial charge in [0.2, 0.25) is 0 Å². The van der Waals surface area contributed by atoms with Crippen molar-refractivity contribution in [3.05, 3.63) is 24.3 Å². The second-order valence-corrected chi connectivity index (χ2v) is 3.95. The standard InChI is InChI=1S/C10H12O4.Al/c1-13-9-4-2-3-5-10(9)14-7-8(12)6-11;/h2-5,8H,6-7H2,1H3;/q-2;+2. The Morgan fingerprint density at radius 1 is 1.40 bits per heavy atom. The van der Waals surface area contributed by atoms with Crippen LogP contribution in [0.25, 0.3) is 0 Å². The van der Waals surface area contributed by atoms with Crippen LogP contribution in [0.2, 0.25) is 0 Å². The van der Waals surface area contributed by atoms with Gasteiger partial charge in [-0.3, -0.25) is 0 Å². The highest BCUT2D eigenvalue weighted by Gasteiger charge is 2.19. The number of benzene rings is 1. The molecule has 4 nitrogen and oxygen atoms in total. The number of ether oxygens (including phenoxy) is 2. The van der Waals surface area contributed by atoms with Crippen LogP contribution in [0.3, 0.4) is 0 Å². The maximum absolute atomic E-state index is 5.60. The third-order valence-corrected chi connectivity index (χ3v) is 2.92. The first kappa shape index (κ1) is 10.8. The summed E-state index contributed by atoms with van der Waals surface area (Å²) in [5.41, 5.74) is 0. The van der Waals surface area contributed by atoms with E-state index in [0.29, 0.717) is 13.2 Å². The average Bonchev–Trinajstić information content (AvgIpc) is 2.79. The molecule has 0 amide bonds. The van der Waals surface area contributed by atoms with Crippen LogP contribution in [0, 0.1) is 0 Å². The minimum atomic E-state index is -0.294. The molecule has 1 heterocycles. The van der Waals surface area contributed by atoms with Crippen molar-refractivity contribution in [1.29, 1.82) is 0 Å². The lowest BCUT2D eigenvalue weighted by atomic mass is 10.3. The number of hydrogen-bond acceptors (Lipinski definition) is 4. The number of rotatable bonds is 4. The first-order valence-electron chi connectivity index (χ1n) is 4.74. The molecule has 5 heteroatoms. The molecule has 1 atom stereocenters. The van der Waals surface area contributed by atoms with Crippen LogP contribution >= 0.6 is 0 Å². The van der Waals surface area contributed by atoms with Gasteiger partial charge in [0, 0.05) is 6.61 Å². The molecule has 0 bridgehead atoms.